The topological polar surface area (TPSA) is 46.3 Å². The third-order valence-electron chi connectivity index (χ3n) is 5.92. The predicted octanol–water partition coefficient (Wildman–Crippen LogP) is 6.32. The molecular formula is C25H31N5S. The van der Waals surface area contributed by atoms with Gasteiger partial charge in [0.15, 0.2) is 10.8 Å². The van der Waals surface area contributed by atoms with Gasteiger partial charge in [-0.2, -0.15) is 5.10 Å². The van der Waals surface area contributed by atoms with E-state index < -0.39 is 0 Å². The molecule has 5 nitrogen and oxygen atoms in total. The van der Waals surface area contributed by atoms with Crippen molar-refractivity contribution >= 4 is 22.1 Å². The standard InChI is InChI=1S/C25H31N5S/c1-7-20(8-2)21-14-16(3)28-30-22(17(4)26-24(21)30)23-18(5)27-25(31-23)29(6)15-19-12-10-9-11-13-19/h9-14,20H,7-8,15H2,1-6H3. The molecule has 6 heteroatoms. The predicted molar refractivity (Wildman–Crippen MR) is 130 cm³/mol. The summed E-state index contributed by atoms with van der Waals surface area (Å²) in [7, 11) is 2.10. The highest BCUT2D eigenvalue weighted by molar-refractivity contribution is 7.19. The largest absolute Gasteiger partial charge is 0.347 e. The molecule has 0 saturated heterocycles. The van der Waals surface area contributed by atoms with E-state index in [2.05, 4.69) is 81.4 Å². The smallest absolute Gasteiger partial charge is 0.186 e. The van der Waals surface area contributed by atoms with E-state index in [-0.39, 0.29) is 0 Å². The third-order valence-corrected chi connectivity index (χ3v) is 7.20. The molecule has 1 aromatic carbocycles. The first kappa shape index (κ1) is 21.5. The number of anilines is 1. The van der Waals surface area contributed by atoms with Gasteiger partial charge in [-0.15, -0.1) is 0 Å². The maximum atomic E-state index is 4.98. The van der Waals surface area contributed by atoms with E-state index in [0.29, 0.717) is 5.92 Å². The van der Waals surface area contributed by atoms with Gasteiger partial charge in [0.2, 0.25) is 0 Å². The molecule has 4 rings (SSSR count). The van der Waals surface area contributed by atoms with Crippen LogP contribution in [0.2, 0.25) is 0 Å². The monoisotopic (exact) mass is 433 g/mol. The number of thiazole rings is 1. The summed E-state index contributed by atoms with van der Waals surface area (Å²) in [4.78, 5) is 13.2. The highest BCUT2D eigenvalue weighted by atomic mass is 32.1. The minimum atomic E-state index is 0.494. The molecular weight excluding hydrogens is 402 g/mol. The molecule has 0 aliphatic rings. The minimum absolute atomic E-state index is 0.494. The van der Waals surface area contributed by atoms with Crippen LogP contribution in [0.15, 0.2) is 36.4 Å². The third kappa shape index (κ3) is 4.09. The van der Waals surface area contributed by atoms with Gasteiger partial charge in [0, 0.05) is 19.2 Å². The summed E-state index contributed by atoms with van der Waals surface area (Å²) in [5, 5.41) is 5.88. The molecule has 0 saturated carbocycles. The van der Waals surface area contributed by atoms with Gasteiger partial charge < -0.3 is 4.90 Å². The van der Waals surface area contributed by atoms with Gasteiger partial charge >= 0.3 is 0 Å². The molecule has 31 heavy (non-hydrogen) atoms. The van der Waals surface area contributed by atoms with Crippen LogP contribution in [0.3, 0.4) is 0 Å². The molecule has 3 aromatic heterocycles. The quantitative estimate of drug-likeness (QED) is 0.342. The summed E-state index contributed by atoms with van der Waals surface area (Å²) in [6, 6.07) is 12.7. The van der Waals surface area contributed by atoms with Crippen molar-refractivity contribution in [3.8, 4) is 10.6 Å². The Morgan fingerprint density at radius 1 is 1.00 bits per heavy atom. The van der Waals surface area contributed by atoms with Gasteiger partial charge in [0.1, 0.15) is 5.69 Å². The number of hydrogen-bond acceptors (Lipinski definition) is 5. The van der Waals surface area contributed by atoms with Crippen LogP contribution in [0.5, 0.6) is 0 Å². The lowest BCUT2D eigenvalue weighted by Gasteiger charge is -2.15. The molecule has 4 aromatic rings. The molecule has 0 atom stereocenters. The summed E-state index contributed by atoms with van der Waals surface area (Å²) in [5.74, 6) is 0.494. The Labute approximate surface area is 188 Å². The number of imidazole rings is 1. The molecule has 162 valence electrons. The van der Waals surface area contributed by atoms with Crippen molar-refractivity contribution < 1.29 is 0 Å². The summed E-state index contributed by atoms with van der Waals surface area (Å²) in [6.07, 6.45) is 2.20. The number of hydrogen-bond donors (Lipinski definition) is 0. The average molecular weight is 434 g/mol. The number of benzene rings is 1. The Bertz CT molecular complexity index is 1190. The van der Waals surface area contributed by atoms with E-state index in [0.717, 1.165) is 57.8 Å². The SMILES string of the molecule is CCC(CC)c1cc(C)nn2c(-c3sc(N(C)Cc4ccccc4)nc3C)c(C)nc12. The van der Waals surface area contributed by atoms with E-state index in [1.165, 1.54) is 11.1 Å². The van der Waals surface area contributed by atoms with Gasteiger partial charge in [-0.3, -0.25) is 0 Å². The van der Waals surface area contributed by atoms with Crippen molar-refractivity contribution in [2.45, 2.75) is 59.9 Å². The lowest BCUT2D eigenvalue weighted by molar-refractivity contribution is 0.638. The number of aromatic nitrogens is 4. The van der Waals surface area contributed by atoms with Crippen LogP contribution >= 0.6 is 11.3 Å². The maximum Gasteiger partial charge on any atom is 0.186 e. The number of nitrogens with zero attached hydrogens (tertiary/aromatic N) is 5. The van der Waals surface area contributed by atoms with Crippen molar-refractivity contribution in [2.75, 3.05) is 11.9 Å². The fraction of sp³-hybridized carbons (Fsp3) is 0.400. The molecule has 0 radical (unpaired) electrons. The fourth-order valence-electron chi connectivity index (χ4n) is 4.26. The van der Waals surface area contributed by atoms with Crippen LogP contribution in [-0.4, -0.2) is 26.6 Å². The zero-order valence-corrected chi connectivity index (χ0v) is 20.1. The van der Waals surface area contributed by atoms with E-state index in [1.807, 2.05) is 6.07 Å². The fourth-order valence-corrected chi connectivity index (χ4v) is 5.37. The normalized spacial score (nSPS) is 11.6. The summed E-state index contributed by atoms with van der Waals surface area (Å²) in [5.41, 5.74) is 7.69. The van der Waals surface area contributed by atoms with Gasteiger partial charge in [0.05, 0.1) is 22.0 Å². The van der Waals surface area contributed by atoms with Crippen LogP contribution < -0.4 is 4.90 Å². The molecule has 0 aliphatic carbocycles. The first-order chi connectivity index (χ1) is 14.9. The minimum Gasteiger partial charge on any atom is -0.347 e. The zero-order chi connectivity index (χ0) is 22.1. The van der Waals surface area contributed by atoms with Gasteiger partial charge in [0.25, 0.3) is 0 Å². The lowest BCUT2D eigenvalue weighted by Crippen LogP contribution is -2.15. The second kappa shape index (κ2) is 8.79. The summed E-state index contributed by atoms with van der Waals surface area (Å²) >= 11 is 1.72. The first-order valence-electron chi connectivity index (χ1n) is 11.0. The molecule has 0 bridgehead atoms. The van der Waals surface area contributed by atoms with Crippen molar-refractivity contribution in [2.24, 2.45) is 0 Å². The Morgan fingerprint density at radius 2 is 1.71 bits per heavy atom. The molecule has 0 aliphatic heterocycles. The molecule has 0 N–H and O–H groups in total. The van der Waals surface area contributed by atoms with Crippen LogP contribution in [0.4, 0.5) is 5.13 Å². The Kier molecular flexibility index (Phi) is 6.10. The van der Waals surface area contributed by atoms with Gasteiger partial charge in [-0.25, -0.2) is 14.5 Å². The summed E-state index contributed by atoms with van der Waals surface area (Å²) in [6.45, 7) is 11.6. The van der Waals surface area contributed by atoms with E-state index in [4.69, 9.17) is 15.1 Å². The van der Waals surface area contributed by atoms with E-state index in [9.17, 15) is 0 Å². The number of fused-ring (bicyclic) bond motifs is 1. The molecule has 0 fully saturated rings. The van der Waals surface area contributed by atoms with Crippen molar-refractivity contribution in [3.05, 3.63) is 64.6 Å². The number of rotatable bonds is 7. The van der Waals surface area contributed by atoms with Crippen LogP contribution in [-0.2, 0) is 6.54 Å². The number of aryl methyl sites for hydroxylation is 3. The highest BCUT2D eigenvalue weighted by Crippen LogP contribution is 2.38. The molecule has 0 spiro atoms. The van der Waals surface area contributed by atoms with Crippen LogP contribution in [0, 0.1) is 20.8 Å². The van der Waals surface area contributed by atoms with Gasteiger partial charge in [-0.05, 0) is 51.2 Å². The highest BCUT2D eigenvalue weighted by Gasteiger charge is 2.23. The van der Waals surface area contributed by atoms with E-state index in [1.54, 1.807) is 11.3 Å². The van der Waals surface area contributed by atoms with Crippen molar-refractivity contribution in [3.63, 3.8) is 0 Å². The Morgan fingerprint density at radius 3 is 2.39 bits per heavy atom. The van der Waals surface area contributed by atoms with Crippen molar-refractivity contribution in [1.29, 1.82) is 0 Å². The van der Waals surface area contributed by atoms with Gasteiger partial charge in [-0.1, -0.05) is 55.5 Å². The second-order valence-electron chi connectivity index (χ2n) is 8.29. The maximum absolute atomic E-state index is 4.98. The summed E-state index contributed by atoms with van der Waals surface area (Å²) < 4.78 is 2.06. The zero-order valence-electron chi connectivity index (χ0n) is 19.3. The molecule has 3 heterocycles. The molecule has 0 unspecified atom stereocenters. The first-order valence-corrected chi connectivity index (χ1v) is 11.8. The van der Waals surface area contributed by atoms with Crippen molar-refractivity contribution in [1.82, 2.24) is 19.6 Å². The van der Waals surface area contributed by atoms with E-state index >= 15 is 0 Å². The Balaban J connectivity index is 1.78. The average Bonchev–Trinajstić information content (AvgIpc) is 3.28. The Hall–Kier alpha value is -2.73. The van der Waals surface area contributed by atoms with Crippen LogP contribution in [0.1, 0.15) is 60.8 Å². The van der Waals surface area contributed by atoms with Crippen LogP contribution in [0.25, 0.3) is 16.2 Å². The second-order valence-corrected chi connectivity index (χ2v) is 9.27. The lowest BCUT2D eigenvalue weighted by atomic mass is 9.95. The molecule has 0 amide bonds.